The third kappa shape index (κ3) is 4.07. The molecule has 7 nitrogen and oxygen atoms in total. The highest BCUT2D eigenvalue weighted by Crippen LogP contribution is 2.53. The van der Waals surface area contributed by atoms with Crippen LogP contribution in [-0.2, 0) is 21.4 Å². The lowest BCUT2D eigenvalue weighted by molar-refractivity contribution is -0.148. The zero-order valence-corrected chi connectivity index (χ0v) is 19.7. The number of benzene rings is 2. The van der Waals surface area contributed by atoms with Gasteiger partial charge in [0.2, 0.25) is 0 Å². The summed E-state index contributed by atoms with van der Waals surface area (Å²) in [5.41, 5.74) is 8.46. The first-order valence-corrected chi connectivity index (χ1v) is 10.3. The molecule has 0 spiro atoms. The minimum atomic E-state index is -0.759. The van der Waals surface area contributed by atoms with Gasteiger partial charge in [0.05, 0.1) is 33.9 Å². The number of esters is 1. The maximum Gasteiger partial charge on any atom is 0.333 e. The molecule has 0 fully saturated rings. The van der Waals surface area contributed by atoms with Crippen LogP contribution in [0.3, 0.4) is 0 Å². The number of nitrogens with two attached hydrogens (primary N) is 1. The Balaban J connectivity index is 2.19. The number of carbonyl (C=O) groups excluding carboxylic acids is 1. The van der Waals surface area contributed by atoms with Crippen LogP contribution >= 0.6 is 0 Å². The van der Waals surface area contributed by atoms with Gasteiger partial charge in [0.1, 0.15) is 5.60 Å². The monoisotopic (exact) mass is 441 g/mol. The van der Waals surface area contributed by atoms with Crippen LogP contribution in [0.2, 0.25) is 0 Å². The van der Waals surface area contributed by atoms with E-state index < -0.39 is 17.0 Å². The number of rotatable bonds is 7. The van der Waals surface area contributed by atoms with Crippen molar-refractivity contribution in [3.05, 3.63) is 58.8 Å². The summed E-state index contributed by atoms with van der Waals surface area (Å²) in [5.74, 6) is 1.91. The minimum absolute atomic E-state index is 0.374. The molecule has 1 atom stereocenters. The van der Waals surface area contributed by atoms with E-state index in [1.165, 1.54) is 6.08 Å². The van der Waals surface area contributed by atoms with Crippen LogP contribution in [0.1, 0.15) is 37.5 Å². The van der Waals surface area contributed by atoms with E-state index in [4.69, 9.17) is 29.4 Å². The average molecular weight is 442 g/mol. The van der Waals surface area contributed by atoms with Gasteiger partial charge in [-0.15, -0.1) is 0 Å². The molecule has 2 aromatic carbocycles. The first kappa shape index (κ1) is 23.3. The van der Waals surface area contributed by atoms with Crippen molar-refractivity contribution in [2.45, 2.75) is 38.2 Å². The topological polar surface area (TPSA) is 89.2 Å². The Morgan fingerprint density at radius 2 is 1.47 bits per heavy atom. The van der Waals surface area contributed by atoms with Crippen molar-refractivity contribution in [2.24, 2.45) is 5.73 Å². The Morgan fingerprint density at radius 1 is 0.906 bits per heavy atom. The summed E-state index contributed by atoms with van der Waals surface area (Å²) in [6.07, 6.45) is 1.94. The second-order valence-electron chi connectivity index (χ2n) is 8.65. The van der Waals surface area contributed by atoms with E-state index in [2.05, 4.69) is 0 Å². The maximum absolute atomic E-state index is 12.6. The van der Waals surface area contributed by atoms with Gasteiger partial charge in [0.25, 0.3) is 0 Å². The van der Waals surface area contributed by atoms with Crippen molar-refractivity contribution in [3.8, 4) is 23.0 Å². The smallest absolute Gasteiger partial charge is 0.333 e. The molecule has 1 aliphatic carbocycles. The first-order chi connectivity index (χ1) is 15.1. The van der Waals surface area contributed by atoms with Gasteiger partial charge in [-0.05, 0) is 68.1 Å². The Morgan fingerprint density at radius 3 is 2.03 bits per heavy atom. The Labute approximate surface area is 189 Å². The molecule has 0 aliphatic heterocycles. The second kappa shape index (κ2) is 8.65. The SMILES string of the molecule is COc1ccc(C2(/C(N)=C/C(=O)OC(C)(C)C)Cc3cc(OC)c(OC)cc32)cc1OC. The molecule has 0 saturated heterocycles. The largest absolute Gasteiger partial charge is 0.493 e. The molecular weight excluding hydrogens is 410 g/mol. The average Bonchev–Trinajstić information content (AvgIpc) is 2.72. The van der Waals surface area contributed by atoms with Gasteiger partial charge in [0.15, 0.2) is 23.0 Å². The molecule has 32 heavy (non-hydrogen) atoms. The van der Waals surface area contributed by atoms with Crippen LogP contribution in [-0.4, -0.2) is 40.0 Å². The molecule has 2 N–H and O–H groups in total. The third-order valence-corrected chi connectivity index (χ3v) is 5.57. The van der Waals surface area contributed by atoms with Crippen molar-refractivity contribution in [1.82, 2.24) is 0 Å². The number of hydrogen-bond acceptors (Lipinski definition) is 7. The number of fused-ring (bicyclic) bond motifs is 1. The van der Waals surface area contributed by atoms with Gasteiger partial charge < -0.3 is 29.4 Å². The molecule has 0 aromatic heterocycles. The molecule has 0 heterocycles. The Hall–Kier alpha value is -3.35. The van der Waals surface area contributed by atoms with Crippen molar-refractivity contribution in [2.75, 3.05) is 28.4 Å². The Kier molecular flexibility index (Phi) is 6.30. The summed E-state index contributed by atoms with van der Waals surface area (Å²) < 4.78 is 27.3. The molecule has 0 radical (unpaired) electrons. The van der Waals surface area contributed by atoms with E-state index in [0.29, 0.717) is 35.1 Å². The number of methoxy groups -OCH3 is 4. The van der Waals surface area contributed by atoms with Crippen LogP contribution in [0.5, 0.6) is 23.0 Å². The van der Waals surface area contributed by atoms with Crippen molar-refractivity contribution in [1.29, 1.82) is 0 Å². The highest BCUT2D eigenvalue weighted by Gasteiger charge is 2.48. The molecule has 7 heteroatoms. The lowest BCUT2D eigenvalue weighted by Crippen LogP contribution is -2.45. The lowest BCUT2D eigenvalue weighted by Gasteiger charge is -2.45. The molecule has 1 unspecified atom stereocenters. The fourth-order valence-corrected chi connectivity index (χ4v) is 4.10. The molecule has 2 aromatic rings. The molecule has 0 bridgehead atoms. The van der Waals surface area contributed by atoms with E-state index in [0.717, 1.165) is 16.7 Å². The van der Waals surface area contributed by atoms with Crippen LogP contribution in [0, 0.1) is 0 Å². The van der Waals surface area contributed by atoms with Gasteiger partial charge in [-0.3, -0.25) is 0 Å². The quantitative estimate of drug-likeness (QED) is 0.517. The second-order valence-corrected chi connectivity index (χ2v) is 8.65. The first-order valence-electron chi connectivity index (χ1n) is 10.3. The normalized spacial score (nSPS) is 17.7. The number of allylic oxidation sites excluding steroid dienone is 1. The predicted molar refractivity (Wildman–Crippen MR) is 122 cm³/mol. The van der Waals surface area contributed by atoms with Gasteiger partial charge in [-0.1, -0.05) is 6.07 Å². The fraction of sp³-hybridized carbons (Fsp3) is 0.400. The van der Waals surface area contributed by atoms with E-state index >= 15 is 0 Å². The zero-order valence-electron chi connectivity index (χ0n) is 19.7. The highest BCUT2D eigenvalue weighted by molar-refractivity contribution is 5.84. The summed E-state index contributed by atoms with van der Waals surface area (Å²) in [6.45, 7) is 5.44. The highest BCUT2D eigenvalue weighted by atomic mass is 16.6. The molecular formula is C25H31NO6. The van der Waals surface area contributed by atoms with Gasteiger partial charge >= 0.3 is 5.97 Å². The van der Waals surface area contributed by atoms with Crippen molar-refractivity contribution < 1.29 is 28.5 Å². The number of carbonyl (C=O) groups is 1. The lowest BCUT2D eigenvalue weighted by atomic mass is 9.58. The zero-order chi connectivity index (χ0) is 23.7. The predicted octanol–water partition coefficient (Wildman–Crippen LogP) is 3.75. The van der Waals surface area contributed by atoms with Crippen LogP contribution in [0.25, 0.3) is 0 Å². The minimum Gasteiger partial charge on any atom is -0.493 e. The molecule has 3 rings (SSSR count). The van der Waals surface area contributed by atoms with Crippen LogP contribution in [0.15, 0.2) is 42.1 Å². The summed E-state index contributed by atoms with van der Waals surface area (Å²) in [6, 6.07) is 9.48. The Bertz CT molecular complexity index is 1050. The summed E-state index contributed by atoms with van der Waals surface area (Å²) in [7, 11) is 6.35. The van der Waals surface area contributed by atoms with Crippen LogP contribution in [0.4, 0.5) is 0 Å². The summed E-state index contributed by atoms with van der Waals surface area (Å²) in [5, 5.41) is 0. The van der Waals surface area contributed by atoms with Crippen molar-refractivity contribution >= 4 is 5.97 Å². The van der Waals surface area contributed by atoms with Crippen molar-refractivity contribution in [3.63, 3.8) is 0 Å². The molecule has 0 saturated carbocycles. The maximum atomic E-state index is 12.6. The summed E-state index contributed by atoms with van der Waals surface area (Å²) in [4.78, 5) is 12.6. The van der Waals surface area contributed by atoms with Gasteiger partial charge in [-0.25, -0.2) is 4.79 Å². The number of ether oxygens (including phenoxy) is 5. The summed E-state index contributed by atoms with van der Waals surface area (Å²) >= 11 is 0. The molecule has 172 valence electrons. The van der Waals surface area contributed by atoms with Gasteiger partial charge in [-0.2, -0.15) is 0 Å². The van der Waals surface area contributed by atoms with E-state index in [1.54, 1.807) is 28.4 Å². The van der Waals surface area contributed by atoms with E-state index in [1.807, 2.05) is 51.1 Å². The van der Waals surface area contributed by atoms with E-state index in [-0.39, 0.29) is 0 Å². The van der Waals surface area contributed by atoms with E-state index in [9.17, 15) is 4.79 Å². The number of hydrogen-bond donors (Lipinski definition) is 1. The standard InChI is InChI=1S/C25H31NO6/c1-24(2,3)32-23(27)13-22(26)25(16-8-9-18(28-4)20(11-16)30-6)14-15-10-19(29-5)21(31-7)12-17(15)25/h8-13H,14,26H2,1-7H3/b22-13-. The molecule has 1 aliphatic rings. The fourth-order valence-electron chi connectivity index (χ4n) is 4.10. The molecule has 0 amide bonds. The third-order valence-electron chi connectivity index (χ3n) is 5.57. The van der Waals surface area contributed by atoms with Crippen LogP contribution < -0.4 is 24.7 Å². The van der Waals surface area contributed by atoms with Gasteiger partial charge in [0, 0.05) is 11.8 Å².